The fourth-order valence-corrected chi connectivity index (χ4v) is 2.27. The van der Waals surface area contributed by atoms with E-state index in [0.717, 1.165) is 12.1 Å². The molecule has 0 heterocycles. The highest BCUT2D eigenvalue weighted by molar-refractivity contribution is 6.33. The molecule has 2 rings (SSSR count). The molecule has 0 radical (unpaired) electrons. The van der Waals surface area contributed by atoms with E-state index in [-0.39, 0.29) is 16.5 Å². The molecule has 1 amide bonds. The molecular weight excluding hydrogens is 377 g/mol. The van der Waals surface area contributed by atoms with Crippen LogP contribution in [0.1, 0.15) is 24.2 Å². The van der Waals surface area contributed by atoms with E-state index in [1.165, 1.54) is 26.0 Å². The minimum atomic E-state index is -1.12. The lowest BCUT2D eigenvalue weighted by molar-refractivity contribution is -0.155. The molecule has 0 spiro atoms. The van der Waals surface area contributed by atoms with Crippen molar-refractivity contribution in [3.63, 3.8) is 0 Å². The Kier molecular flexibility index (Phi) is 6.90. The molecule has 0 aliphatic rings. The van der Waals surface area contributed by atoms with E-state index in [1.54, 1.807) is 18.2 Å². The van der Waals surface area contributed by atoms with E-state index in [4.69, 9.17) is 21.1 Å². The molecule has 0 fully saturated rings. The number of carbonyl (C=O) groups is 3. The second-order valence-electron chi connectivity index (χ2n) is 5.62. The summed E-state index contributed by atoms with van der Waals surface area (Å²) in [4.78, 5) is 35.2. The van der Waals surface area contributed by atoms with Gasteiger partial charge in [0.05, 0.1) is 10.7 Å². The highest BCUT2D eigenvalue weighted by atomic mass is 35.5. The van der Waals surface area contributed by atoms with Gasteiger partial charge in [-0.25, -0.2) is 9.18 Å². The smallest absolute Gasteiger partial charge is 0.344 e. The highest BCUT2D eigenvalue weighted by Gasteiger charge is 2.19. The third-order valence-electron chi connectivity index (χ3n) is 3.46. The van der Waals surface area contributed by atoms with Crippen LogP contribution in [0.5, 0.6) is 5.75 Å². The van der Waals surface area contributed by atoms with Crippen LogP contribution in [0.3, 0.4) is 0 Å². The van der Waals surface area contributed by atoms with Crippen molar-refractivity contribution >= 4 is 34.9 Å². The number of ether oxygens (including phenoxy) is 2. The summed E-state index contributed by atoms with van der Waals surface area (Å²) in [6.07, 6.45) is -1.12. The van der Waals surface area contributed by atoms with Crippen molar-refractivity contribution in [3.8, 4) is 5.75 Å². The van der Waals surface area contributed by atoms with Gasteiger partial charge in [0.1, 0.15) is 11.6 Å². The van der Waals surface area contributed by atoms with Crippen molar-refractivity contribution in [2.24, 2.45) is 0 Å². The Morgan fingerprint density at radius 1 is 1.19 bits per heavy atom. The van der Waals surface area contributed by atoms with Crippen LogP contribution in [0.4, 0.5) is 10.1 Å². The zero-order chi connectivity index (χ0) is 20.0. The number of hydrogen-bond donors (Lipinski definition) is 1. The van der Waals surface area contributed by atoms with Gasteiger partial charge >= 0.3 is 5.97 Å². The lowest BCUT2D eigenvalue weighted by atomic mass is 10.1. The molecule has 0 saturated heterocycles. The molecule has 0 aliphatic heterocycles. The summed E-state index contributed by atoms with van der Waals surface area (Å²) >= 11 is 5.83. The van der Waals surface area contributed by atoms with E-state index in [1.807, 2.05) is 0 Å². The van der Waals surface area contributed by atoms with E-state index in [9.17, 15) is 18.8 Å². The van der Waals surface area contributed by atoms with E-state index in [0.29, 0.717) is 11.3 Å². The molecule has 142 valence electrons. The second-order valence-corrected chi connectivity index (χ2v) is 6.03. The number of carbonyl (C=O) groups excluding carboxylic acids is 3. The Morgan fingerprint density at radius 3 is 2.59 bits per heavy atom. The molecule has 0 bridgehead atoms. The molecule has 0 saturated carbocycles. The zero-order valence-corrected chi connectivity index (χ0v) is 15.4. The first kappa shape index (κ1) is 20.4. The third kappa shape index (κ3) is 6.07. The number of rotatable bonds is 7. The number of nitrogens with one attached hydrogen (secondary N) is 1. The van der Waals surface area contributed by atoms with E-state index < -0.39 is 30.4 Å². The van der Waals surface area contributed by atoms with Crippen molar-refractivity contribution in [2.75, 3.05) is 11.9 Å². The first-order valence-electron chi connectivity index (χ1n) is 7.95. The number of amides is 1. The molecule has 8 heteroatoms. The lowest BCUT2D eigenvalue weighted by Gasteiger charge is -2.14. The number of anilines is 1. The van der Waals surface area contributed by atoms with Gasteiger partial charge in [0, 0.05) is 5.56 Å². The van der Waals surface area contributed by atoms with Crippen LogP contribution in [0.25, 0.3) is 0 Å². The van der Waals surface area contributed by atoms with Gasteiger partial charge in [0.15, 0.2) is 18.5 Å². The van der Waals surface area contributed by atoms with Crippen molar-refractivity contribution < 1.29 is 28.2 Å². The maximum absolute atomic E-state index is 13.0. The number of Topliss-reactive ketones (excluding diaryl/α,β-unsaturated/α-hetero) is 1. The number of ketones is 1. The topological polar surface area (TPSA) is 81.7 Å². The van der Waals surface area contributed by atoms with Crippen LogP contribution in [0.15, 0.2) is 42.5 Å². The number of halogens is 2. The molecule has 0 aliphatic carbocycles. The van der Waals surface area contributed by atoms with Gasteiger partial charge in [-0.05, 0) is 44.2 Å². The largest absolute Gasteiger partial charge is 0.482 e. The van der Waals surface area contributed by atoms with Gasteiger partial charge in [0.25, 0.3) is 5.91 Å². The maximum atomic E-state index is 13.0. The first-order valence-corrected chi connectivity index (χ1v) is 8.33. The van der Waals surface area contributed by atoms with Gasteiger partial charge in [-0.2, -0.15) is 0 Å². The summed E-state index contributed by atoms with van der Waals surface area (Å²) in [5.41, 5.74) is 0.646. The summed E-state index contributed by atoms with van der Waals surface area (Å²) in [6, 6.07) is 9.84. The van der Waals surface area contributed by atoms with Crippen LogP contribution in [0.2, 0.25) is 5.02 Å². The Balaban J connectivity index is 1.86. The SMILES string of the molecule is CC(=O)c1cccc(OCC(=O)O[C@@H](C)C(=O)Nc2ccc(F)cc2Cl)c1. The molecule has 0 unspecified atom stereocenters. The number of hydrogen-bond acceptors (Lipinski definition) is 5. The number of esters is 1. The predicted octanol–water partition coefficient (Wildman–Crippen LogP) is 3.63. The Hall–Kier alpha value is -2.93. The Morgan fingerprint density at radius 2 is 1.93 bits per heavy atom. The normalized spacial score (nSPS) is 11.4. The van der Waals surface area contributed by atoms with Gasteiger partial charge in [-0.15, -0.1) is 0 Å². The maximum Gasteiger partial charge on any atom is 0.344 e. The van der Waals surface area contributed by atoms with E-state index in [2.05, 4.69) is 5.32 Å². The molecule has 2 aromatic carbocycles. The van der Waals surface area contributed by atoms with Crippen molar-refractivity contribution in [1.82, 2.24) is 0 Å². The summed E-state index contributed by atoms with van der Waals surface area (Å²) in [7, 11) is 0. The van der Waals surface area contributed by atoms with Crippen molar-refractivity contribution in [1.29, 1.82) is 0 Å². The van der Waals surface area contributed by atoms with Crippen molar-refractivity contribution in [3.05, 3.63) is 58.9 Å². The minimum absolute atomic E-state index is 0.0237. The van der Waals surface area contributed by atoms with Crippen LogP contribution < -0.4 is 10.1 Å². The molecule has 1 N–H and O–H groups in total. The Labute approximate surface area is 160 Å². The zero-order valence-electron chi connectivity index (χ0n) is 14.6. The van der Waals surface area contributed by atoms with Crippen LogP contribution in [0, 0.1) is 5.82 Å². The van der Waals surface area contributed by atoms with Crippen LogP contribution >= 0.6 is 11.6 Å². The van der Waals surface area contributed by atoms with Gasteiger partial charge in [0.2, 0.25) is 0 Å². The van der Waals surface area contributed by atoms with Gasteiger partial charge in [-0.3, -0.25) is 9.59 Å². The quantitative estimate of drug-likeness (QED) is 0.573. The Bertz CT molecular complexity index is 871. The molecular formula is C19H17ClFNO5. The summed E-state index contributed by atoms with van der Waals surface area (Å²) in [5.74, 6) is -1.74. The van der Waals surface area contributed by atoms with Crippen LogP contribution in [-0.4, -0.2) is 30.4 Å². The van der Waals surface area contributed by atoms with Gasteiger partial charge < -0.3 is 14.8 Å². The van der Waals surface area contributed by atoms with Gasteiger partial charge in [-0.1, -0.05) is 23.7 Å². The fourth-order valence-electron chi connectivity index (χ4n) is 2.06. The fraction of sp³-hybridized carbons (Fsp3) is 0.211. The summed E-state index contributed by atoms with van der Waals surface area (Å²) in [6.45, 7) is 2.36. The predicted molar refractivity (Wildman–Crippen MR) is 97.5 cm³/mol. The second kappa shape index (κ2) is 9.14. The average molecular weight is 394 g/mol. The summed E-state index contributed by atoms with van der Waals surface area (Å²) in [5, 5.41) is 2.47. The molecule has 2 aromatic rings. The van der Waals surface area contributed by atoms with Crippen LogP contribution in [-0.2, 0) is 14.3 Å². The highest BCUT2D eigenvalue weighted by Crippen LogP contribution is 2.22. The molecule has 0 aromatic heterocycles. The van der Waals surface area contributed by atoms with E-state index >= 15 is 0 Å². The molecule has 1 atom stereocenters. The summed E-state index contributed by atoms with van der Waals surface area (Å²) < 4.78 is 23.3. The molecule has 6 nitrogen and oxygen atoms in total. The third-order valence-corrected chi connectivity index (χ3v) is 3.78. The first-order chi connectivity index (χ1) is 12.8. The standard InChI is InChI=1S/C19H17ClFNO5/c1-11(23)13-4-3-5-15(8-13)26-10-18(24)27-12(2)19(25)22-17-7-6-14(21)9-16(17)20/h3-9,12H,10H2,1-2H3,(H,22,25)/t12-/m0/s1. The number of benzene rings is 2. The lowest BCUT2D eigenvalue weighted by Crippen LogP contribution is -2.31. The monoisotopic (exact) mass is 393 g/mol. The minimum Gasteiger partial charge on any atom is -0.482 e. The average Bonchev–Trinajstić information content (AvgIpc) is 2.62. The molecule has 27 heavy (non-hydrogen) atoms. The van der Waals surface area contributed by atoms with Crippen molar-refractivity contribution in [2.45, 2.75) is 20.0 Å².